The molecule has 1 fully saturated rings. The highest BCUT2D eigenvalue weighted by Gasteiger charge is 2.51. The number of sulfonamides is 1. The van der Waals surface area contributed by atoms with Crippen molar-refractivity contribution in [2.24, 2.45) is 13.0 Å². The topological polar surface area (TPSA) is 58.4 Å². The fourth-order valence-corrected chi connectivity index (χ4v) is 6.13. The number of aromatic nitrogens is 2. The van der Waals surface area contributed by atoms with Gasteiger partial charge in [0.15, 0.2) is 0 Å². The molecular formula is C23H31F3N4O2S. The van der Waals surface area contributed by atoms with Crippen molar-refractivity contribution in [2.45, 2.75) is 70.1 Å². The molecule has 1 aliphatic heterocycles. The van der Waals surface area contributed by atoms with E-state index in [1.165, 1.54) is 12.8 Å². The van der Waals surface area contributed by atoms with Gasteiger partial charge in [-0.3, -0.25) is 0 Å². The van der Waals surface area contributed by atoms with E-state index in [1.807, 2.05) is 42.9 Å². The number of hydrogen-bond acceptors (Lipinski definition) is 4. The van der Waals surface area contributed by atoms with E-state index in [0.29, 0.717) is 28.8 Å². The van der Waals surface area contributed by atoms with Crippen molar-refractivity contribution >= 4 is 15.7 Å². The zero-order valence-electron chi connectivity index (χ0n) is 19.1. The largest absolute Gasteiger partial charge is 0.511 e. The van der Waals surface area contributed by atoms with Crippen LogP contribution in [0.25, 0.3) is 0 Å². The standard InChI is InChI=1S/C23H31F3N4O2S/c1-17-6-5-9-22-21(17)15-29(33(31,32)23(24,25)26)14-20(11-10-18-7-3-4-8-18)30(22)13-19-12-28(2)16-27-19/h5-6,9,12,16,18,20H,3-4,7-8,10-11,13-15H2,1-2H3. The molecule has 0 amide bonds. The lowest BCUT2D eigenvalue weighted by Crippen LogP contribution is -2.47. The van der Waals surface area contributed by atoms with Crippen LogP contribution in [0.3, 0.4) is 0 Å². The van der Waals surface area contributed by atoms with Crippen molar-refractivity contribution in [3.05, 3.63) is 47.5 Å². The van der Waals surface area contributed by atoms with E-state index in [9.17, 15) is 21.6 Å². The van der Waals surface area contributed by atoms with Crippen LogP contribution in [0.1, 0.15) is 55.3 Å². The maximum atomic E-state index is 13.6. The van der Waals surface area contributed by atoms with Gasteiger partial charge in [0, 0.05) is 38.1 Å². The molecule has 0 spiro atoms. The lowest BCUT2D eigenvalue weighted by Gasteiger charge is -2.34. The number of imidazole rings is 1. The van der Waals surface area contributed by atoms with E-state index in [1.54, 1.807) is 6.33 Å². The summed E-state index contributed by atoms with van der Waals surface area (Å²) >= 11 is 0. The van der Waals surface area contributed by atoms with Crippen LogP contribution in [0.2, 0.25) is 0 Å². The first-order chi connectivity index (χ1) is 15.6. The molecule has 33 heavy (non-hydrogen) atoms. The van der Waals surface area contributed by atoms with E-state index in [-0.39, 0.29) is 19.1 Å². The van der Waals surface area contributed by atoms with E-state index in [4.69, 9.17) is 0 Å². The summed E-state index contributed by atoms with van der Waals surface area (Å²) in [5.74, 6) is 0.551. The molecule has 10 heteroatoms. The number of alkyl halides is 3. The predicted molar refractivity (Wildman–Crippen MR) is 121 cm³/mol. The third-order valence-electron chi connectivity index (χ3n) is 6.99. The number of nitrogens with zero attached hydrogens (tertiary/aromatic N) is 4. The van der Waals surface area contributed by atoms with Crippen molar-refractivity contribution in [2.75, 3.05) is 11.4 Å². The monoisotopic (exact) mass is 484 g/mol. The van der Waals surface area contributed by atoms with Crippen LogP contribution in [-0.2, 0) is 30.2 Å². The Morgan fingerprint density at radius 2 is 1.88 bits per heavy atom. The van der Waals surface area contributed by atoms with Crippen molar-refractivity contribution in [1.29, 1.82) is 0 Å². The molecule has 1 aliphatic carbocycles. The SMILES string of the molecule is Cc1cccc2c1CN(S(=O)(=O)C(F)(F)F)CC(CCC1CCCC1)N2Cc1cn(C)cn1. The minimum absolute atomic E-state index is 0.199. The van der Waals surface area contributed by atoms with E-state index >= 15 is 0 Å². The summed E-state index contributed by atoms with van der Waals surface area (Å²) in [7, 11) is -3.59. The maximum Gasteiger partial charge on any atom is 0.511 e. The second-order valence-corrected chi connectivity index (χ2v) is 11.3. The van der Waals surface area contributed by atoms with E-state index in [2.05, 4.69) is 9.88 Å². The normalized spacial score (nSPS) is 20.8. The van der Waals surface area contributed by atoms with Crippen molar-refractivity contribution in [3.8, 4) is 0 Å². The van der Waals surface area contributed by atoms with E-state index in [0.717, 1.165) is 36.2 Å². The molecule has 1 atom stereocenters. The molecule has 0 radical (unpaired) electrons. The lowest BCUT2D eigenvalue weighted by atomic mass is 9.97. The summed E-state index contributed by atoms with van der Waals surface area (Å²) in [6, 6.07) is 5.20. The first-order valence-corrected chi connectivity index (χ1v) is 12.9. The second-order valence-electron chi connectivity index (χ2n) is 9.36. The lowest BCUT2D eigenvalue weighted by molar-refractivity contribution is -0.0492. The molecule has 1 saturated carbocycles. The average molecular weight is 485 g/mol. The molecule has 1 aromatic heterocycles. The van der Waals surface area contributed by atoms with Gasteiger partial charge in [0.2, 0.25) is 0 Å². The van der Waals surface area contributed by atoms with Crippen LogP contribution in [0, 0.1) is 12.8 Å². The number of halogens is 3. The summed E-state index contributed by atoms with van der Waals surface area (Å²) in [6.07, 6.45) is 9.73. The van der Waals surface area contributed by atoms with Crippen LogP contribution in [-0.4, -0.2) is 40.4 Å². The number of aryl methyl sites for hydroxylation is 2. The van der Waals surface area contributed by atoms with Gasteiger partial charge in [-0.05, 0) is 42.9 Å². The molecule has 0 N–H and O–H groups in total. The van der Waals surface area contributed by atoms with Crippen LogP contribution in [0.5, 0.6) is 0 Å². The number of fused-ring (bicyclic) bond motifs is 1. The Morgan fingerprint density at radius 1 is 1.15 bits per heavy atom. The van der Waals surface area contributed by atoms with Gasteiger partial charge in [0.05, 0.1) is 18.6 Å². The molecular weight excluding hydrogens is 453 g/mol. The van der Waals surface area contributed by atoms with Crippen LogP contribution in [0.15, 0.2) is 30.7 Å². The Hall–Kier alpha value is -2.07. The molecule has 1 unspecified atom stereocenters. The smallest absolute Gasteiger partial charge is 0.361 e. The van der Waals surface area contributed by atoms with E-state index < -0.39 is 15.5 Å². The fraction of sp³-hybridized carbons (Fsp3) is 0.609. The summed E-state index contributed by atoms with van der Waals surface area (Å²) in [4.78, 5) is 6.50. The maximum absolute atomic E-state index is 13.6. The molecule has 2 aliphatic rings. The number of benzene rings is 1. The summed E-state index contributed by atoms with van der Waals surface area (Å²) in [6.45, 7) is 1.74. The highest BCUT2D eigenvalue weighted by atomic mass is 32.2. The van der Waals surface area contributed by atoms with Crippen LogP contribution in [0.4, 0.5) is 18.9 Å². The zero-order chi connectivity index (χ0) is 23.8. The van der Waals surface area contributed by atoms with Gasteiger partial charge in [0.1, 0.15) is 0 Å². The fourth-order valence-electron chi connectivity index (χ4n) is 5.17. The summed E-state index contributed by atoms with van der Waals surface area (Å²) in [5.41, 5.74) is -2.36. The molecule has 182 valence electrons. The Balaban J connectivity index is 1.75. The Morgan fingerprint density at radius 3 is 2.52 bits per heavy atom. The minimum atomic E-state index is -5.46. The Labute approximate surface area is 193 Å². The van der Waals surface area contributed by atoms with Gasteiger partial charge in [-0.25, -0.2) is 13.4 Å². The highest BCUT2D eigenvalue weighted by Crippen LogP contribution is 2.38. The van der Waals surface area contributed by atoms with Crippen molar-refractivity contribution in [3.63, 3.8) is 0 Å². The number of hydrogen-bond donors (Lipinski definition) is 0. The first kappa shape index (κ1) is 24.1. The molecule has 1 aromatic carbocycles. The molecule has 4 rings (SSSR count). The predicted octanol–water partition coefficient (Wildman–Crippen LogP) is 4.74. The van der Waals surface area contributed by atoms with Gasteiger partial charge in [-0.15, -0.1) is 0 Å². The molecule has 6 nitrogen and oxygen atoms in total. The molecule has 0 saturated heterocycles. The third-order valence-corrected chi connectivity index (χ3v) is 8.53. The first-order valence-electron chi connectivity index (χ1n) is 11.4. The summed E-state index contributed by atoms with van der Waals surface area (Å²) < 4.78 is 68.2. The quantitative estimate of drug-likeness (QED) is 0.594. The van der Waals surface area contributed by atoms with Gasteiger partial charge >= 0.3 is 15.5 Å². The highest BCUT2D eigenvalue weighted by molar-refractivity contribution is 7.89. The van der Waals surface area contributed by atoms with Crippen LogP contribution >= 0.6 is 0 Å². The molecule has 2 heterocycles. The van der Waals surface area contributed by atoms with Gasteiger partial charge in [-0.2, -0.15) is 17.5 Å². The van der Waals surface area contributed by atoms with Crippen LogP contribution < -0.4 is 4.90 Å². The Bertz CT molecular complexity index is 1080. The number of anilines is 1. The average Bonchev–Trinajstić information content (AvgIpc) is 3.37. The van der Waals surface area contributed by atoms with Gasteiger partial charge in [0.25, 0.3) is 0 Å². The zero-order valence-corrected chi connectivity index (χ0v) is 19.9. The minimum Gasteiger partial charge on any atom is -0.361 e. The number of rotatable bonds is 6. The second kappa shape index (κ2) is 9.29. The van der Waals surface area contributed by atoms with Crippen molar-refractivity contribution < 1.29 is 21.6 Å². The third kappa shape index (κ3) is 5.06. The molecule has 2 aromatic rings. The van der Waals surface area contributed by atoms with Gasteiger partial charge in [-0.1, -0.05) is 37.8 Å². The Kier molecular flexibility index (Phi) is 6.77. The molecule has 0 bridgehead atoms. The summed E-state index contributed by atoms with van der Waals surface area (Å²) in [5, 5.41) is 0. The van der Waals surface area contributed by atoms with Gasteiger partial charge < -0.3 is 9.47 Å². The van der Waals surface area contributed by atoms with Crippen molar-refractivity contribution in [1.82, 2.24) is 13.9 Å².